The van der Waals surface area contributed by atoms with Gasteiger partial charge in [-0.2, -0.15) is 4.31 Å². The molecule has 188 valence electrons. The molecule has 1 aliphatic heterocycles. The summed E-state index contributed by atoms with van der Waals surface area (Å²) < 4.78 is 29.1. The third-order valence-corrected chi connectivity index (χ3v) is 9.81. The Morgan fingerprint density at radius 1 is 1.00 bits per heavy atom. The average molecular weight is 498 g/mol. The number of ketones is 2. The van der Waals surface area contributed by atoms with Crippen LogP contribution >= 0.6 is 0 Å². The van der Waals surface area contributed by atoms with Gasteiger partial charge in [-0.05, 0) is 51.2 Å². The molecule has 0 spiro atoms. The van der Waals surface area contributed by atoms with E-state index < -0.39 is 27.3 Å². The summed E-state index contributed by atoms with van der Waals surface area (Å²) in [6, 6.07) is 15.2. The molecule has 1 N–H and O–H groups in total. The Labute approximate surface area is 208 Å². The summed E-state index contributed by atoms with van der Waals surface area (Å²) in [4.78, 5) is 26.0. The number of carbonyl (C=O) groups is 2. The van der Waals surface area contributed by atoms with Crippen LogP contribution in [0.2, 0.25) is 0 Å². The number of aryl methyl sites for hydroxylation is 1. The number of hydrogen-bond donors (Lipinski definition) is 1. The van der Waals surface area contributed by atoms with Crippen LogP contribution in [-0.4, -0.2) is 47.6 Å². The fourth-order valence-electron chi connectivity index (χ4n) is 5.76. The van der Waals surface area contributed by atoms with E-state index in [4.69, 9.17) is 0 Å². The molecule has 0 amide bonds. The first-order chi connectivity index (χ1) is 16.6. The Bertz CT molecular complexity index is 1160. The van der Waals surface area contributed by atoms with Gasteiger partial charge in [0.15, 0.2) is 11.6 Å². The molecule has 0 aromatic heterocycles. The van der Waals surface area contributed by atoms with Crippen LogP contribution in [0.3, 0.4) is 0 Å². The molecule has 4 rings (SSSR count). The number of β-amino-alcohol motifs (C(OH)–C–C–N with tert-alkyl or cyclic N) is 1. The molecule has 2 aliphatic rings. The molecule has 1 aliphatic carbocycles. The van der Waals surface area contributed by atoms with Gasteiger partial charge in [0.1, 0.15) is 5.60 Å². The summed E-state index contributed by atoms with van der Waals surface area (Å²) >= 11 is 0. The average Bonchev–Trinajstić information content (AvgIpc) is 2.86. The zero-order chi connectivity index (χ0) is 25.2. The summed E-state index contributed by atoms with van der Waals surface area (Å²) in [6.07, 6.45) is 5.28. The van der Waals surface area contributed by atoms with Gasteiger partial charge in [0.05, 0.1) is 11.4 Å². The molecule has 0 bridgehead atoms. The Morgan fingerprint density at radius 3 is 2.23 bits per heavy atom. The van der Waals surface area contributed by atoms with Crippen molar-refractivity contribution in [3.8, 4) is 0 Å². The first-order valence-corrected chi connectivity index (χ1v) is 14.0. The van der Waals surface area contributed by atoms with Gasteiger partial charge in [0.25, 0.3) is 0 Å². The van der Waals surface area contributed by atoms with Crippen molar-refractivity contribution in [1.29, 1.82) is 0 Å². The number of nitrogens with zero attached hydrogens (tertiary/aromatic N) is 1. The van der Waals surface area contributed by atoms with E-state index in [1.807, 2.05) is 13.0 Å². The number of hydrogen-bond acceptors (Lipinski definition) is 5. The van der Waals surface area contributed by atoms with Crippen molar-refractivity contribution in [2.24, 2.45) is 11.8 Å². The zero-order valence-electron chi connectivity index (χ0n) is 20.5. The minimum Gasteiger partial charge on any atom is -0.380 e. The quantitative estimate of drug-likeness (QED) is 0.567. The zero-order valence-corrected chi connectivity index (χ0v) is 21.3. The summed E-state index contributed by atoms with van der Waals surface area (Å²) in [6.45, 7) is 2.86. The smallest absolute Gasteiger partial charge is 0.243 e. The normalized spacial score (nSPS) is 26.4. The summed E-state index contributed by atoms with van der Waals surface area (Å²) in [5, 5.41) is 11.6. The number of benzene rings is 2. The lowest BCUT2D eigenvalue weighted by Crippen LogP contribution is -2.64. The molecule has 35 heavy (non-hydrogen) atoms. The molecule has 6 nitrogen and oxygen atoms in total. The number of sulfonamides is 1. The molecule has 2 aromatic rings. The predicted octanol–water partition coefficient (Wildman–Crippen LogP) is 4.55. The number of piperidine rings is 1. The Morgan fingerprint density at radius 2 is 1.63 bits per heavy atom. The lowest BCUT2D eigenvalue weighted by Gasteiger charge is -2.50. The summed E-state index contributed by atoms with van der Waals surface area (Å²) in [7, 11) is -3.95. The van der Waals surface area contributed by atoms with Crippen molar-refractivity contribution in [3.63, 3.8) is 0 Å². The van der Waals surface area contributed by atoms with Crippen LogP contribution in [0.5, 0.6) is 0 Å². The highest BCUT2D eigenvalue weighted by Crippen LogP contribution is 2.43. The molecule has 7 heteroatoms. The van der Waals surface area contributed by atoms with E-state index in [9.17, 15) is 23.1 Å². The van der Waals surface area contributed by atoms with Crippen LogP contribution < -0.4 is 0 Å². The number of rotatable bonds is 7. The maximum absolute atomic E-state index is 13.8. The van der Waals surface area contributed by atoms with E-state index in [0.717, 1.165) is 37.7 Å². The molecule has 2 aromatic carbocycles. The minimum atomic E-state index is -3.95. The topological polar surface area (TPSA) is 91.8 Å². The van der Waals surface area contributed by atoms with Crippen molar-refractivity contribution in [2.75, 3.05) is 6.54 Å². The molecule has 1 saturated carbocycles. The maximum Gasteiger partial charge on any atom is 0.243 e. The van der Waals surface area contributed by atoms with Gasteiger partial charge in [-0.1, -0.05) is 67.3 Å². The van der Waals surface area contributed by atoms with E-state index in [0.29, 0.717) is 5.56 Å². The largest absolute Gasteiger partial charge is 0.380 e. The van der Waals surface area contributed by atoms with Crippen molar-refractivity contribution < 1.29 is 23.1 Å². The van der Waals surface area contributed by atoms with Crippen molar-refractivity contribution in [2.45, 2.75) is 75.3 Å². The highest BCUT2D eigenvalue weighted by atomic mass is 32.2. The number of aliphatic hydroxyl groups is 1. The van der Waals surface area contributed by atoms with E-state index in [-0.39, 0.29) is 42.0 Å². The van der Waals surface area contributed by atoms with Gasteiger partial charge >= 0.3 is 0 Å². The highest BCUT2D eigenvalue weighted by molar-refractivity contribution is 7.89. The monoisotopic (exact) mass is 497 g/mol. The number of Topliss-reactive ketones (excluding diaryl/α,β-unsaturated/α-hetero) is 2. The fourth-order valence-corrected chi connectivity index (χ4v) is 7.49. The van der Waals surface area contributed by atoms with E-state index in [1.54, 1.807) is 48.5 Å². The van der Waals surface area contributed by atoms with Crippen molar-refractivity contribution >= 4 is 21.6 Å². The van der Waals surface area contributed by atoms with Crippen LogP contribution in [-0.2, 0) is 14.8 Å². The molecule has 2 fully saturated rings. The van der Waals surface area contributed by atoms with Crippen LogP contribution in [0.25, 0.3) is 0 Å². The Hall–Kier alpha value is -2.35. The molecule has 3 atom stereocenters. The summed E-state index contributed by atoms with van der Waals surface area (Å²) in [5.41, 5.74) is -0.443. The maximum atomic E-state index is 13.8. The second kappa shape index (κ2) is 10.3. The standard InChI is InChI=1S/C28H35NO5S/c1-20-13-15-25(16-14-20)35(33,34)29-19-28(32,21(2)30)24(17-26(29)22-9-5-3-6-10-22)18-27(31)23-11-7-4-8-12-23/h4,7-8,11-16,22,24,26,32H,3,5-6,9-10,17-19H2,1-2H3/t24-,26-,28+/m1/s1. The third kappa shape index (κ3) is 5.27. The van der Waals surface area contributed by atoms with Crippen molar-refractivity contribution in [3.05, 3.63) is 65.7 Å². The molecule has 0 unspecified atom stereocenters. The minimum absolute atomic E-state index is 0.00172. The SMILES string of the molecule is CC(=O)[C@@]1(O)CN(S(=O)(=O)c2ccc(C)cc2)[C@@H](C2CCCCC2)C[C@@H]1CC(=O)c1ccccc1. The van der Waals surface area contributed by atoms with Crippen LogP contribution in [0.1, 0.15) is 67.8 Å². The molecule has 1 heterocycles. The predicted molar refractivity (Wildman–Crippen MR) is 135 cm³/mol. The van der Waals surface area contributed by atoms with Gasteiger partial charge in [-0.15, -0.1) is 0 Å². The van der Waals surface area contributed by atoms with E-state index in [2.05, 4.69) is 0 Å². The second-order valence-corrected chi connectivity index (χ2v) is 12.1. The van der Waals surface area contributed by atoms with Crippen LogP contribution in [0, 0.1) is 18.8 Å². The van der Waals surface area contributed by atoms with E-state index in [1.165, 1.54) is 11.2 Å². The summed E-state index contributed by atoms with van der Waals surface area (Å²) in [5.74, 6) is -1.17. The molecular formula is C28H35NO5S. The van der Waals surface area contributed by atoms with Gasteiger partial charge in [-0.25, -0.2) is 8.42 Å². The van der Waals surface area contributed by atoms with Crippen LogP contribution in [0.15, 0.2) is 59.5 Å². The Balaban J connectivity index is 1.72. The first-order valence-electron chi connectivity index (χ1n) is 12.5. The molecular weight excluding hydrogens is 462 g/mol. The first kappa shape index (κ1) is 25.7. The van der Waals surface area contributed by atoms with Gasteiger partial charge in [0.2, 0.25) is 10.0 Å². The van der Waals surface area contributed by atoms with Crippen molar-refractivity contribution in [1.82, 2.24) is 4.31 Å². The lowest BCUT2D eigenvalue weighted by atomic mass is 9.70. The fraction of sp³-hybridized carbons (Fsp3) is 0.500. The lowest BCUT2D eigenvalue weighted by molar-refractivity contribution is -0.149. The van der Waals surface area contributed by atoms with E-state index >= 15 is 0 Å². The third-order valence-electron chi connectivity index (χ3n) is 7.93. The van der Waals surface area contributed by atoms with Crippen LogP contribution in [0.4, 0.5) is 0 Å². The van der Waals surface area contributed by atoms with Gasteiger partial charge in [0, 0.05) is 23.9 Å². The molecule has 1 saturated heterocycles. The molecule has 0 radical (unpaired) electrons. The van der Waals surface area contributed by atoms with Gasteiger partial charge in [-0.3, -0.25) is 9.59 Å². The Kier molecular flexibility index (Phi) is 7.60. The highest BCUT2D eigenvalue weighted by Gasteiger charge is 2.54. The number of carbonyl (C=O) groups excluding carboxylic acids is 2. The van der Waals surface area contributed by atoms with Gasteiger partial charge < -0.3 is 5.11 Å². The second-order valence-electron chi connectivity index (χ2n) is 10.2.